The first kappa shape index (κ1) is 16.9. The Bertz CT molecular complexity index is 757. The third-order valence-electron chi connectivity index (χ3n) is 4.38. The minimum Gasteiger partial charge on any atom is -0.481 e. The average Bonchev–Trinajstić information content (AvgIpc) is 3.39. The summed E-state index contributed by atoms with van der Waals surface area (Å²) in [7, 11) is -3.81. The van der Waals surface area contributed by atoms with E-state index in [4.69, 9.17) is 5.11 Å². The van der Waals surface area contributed by atoms with Crippen LogP contribution in [0.2, 0.25) is 0 Å². The van der Waals surface area contributed by atoms with Crippen molar-refractivity contribution in [2.75, 3.05) is 13.1 Å². The van der Waals surface area contributed by atoms with Gasteiger partial charge in [-0.1, -0.05) is 6.07 Å². The molecule has 0 bridgehead atoms. The Hall–Kier alpha value is -1.93. The van der Waals surface area contributed by atoms with E-state index in [0.29, 0.717) is 24.9 Å². The summed E-state index contributed by atoms with van der Waals surface area (Å²) in [6.07, 6.45) is 2.89. The maximum absolute atomic E-state index is 12.8. The molecule has 1 atom stereocenters. The van der Waals surface area contributed by atoms with Crippen LogP contribution in [0, 0.1) is 5.92 Å². The van der Waals surface area contributed by atoms with E-state index in [0.717, 1.165) is 12.8 Å². The maximum atomic E-state index is 12.8. The van der Waals surface area contributed by atoms with Crippen LogP contribution in [0.4, 0.5) is 0 Å². The van der Waals surface area contributed by atoms with Gasteiger partial charge in [0.2, 0.25) is 10.0 Å². The number of carbonyl (C=O) groups excluding carboxylic acids is 1. The lowest BCUT2D eigenvalue weighted by atomic mass is 10.0. The normalized spacial score (nSPS) is 22.1. The molecule has 24 heavy (non-hydrogen) atoms. The van der Waals surface area contributed by atoms with Gasteiger partial charge < -0.3 is 10.4 Å². The predicted molar refractivity (Wildman–Crippen MR) is 86.0 cm³/mol. The molecule has 1 saturated carbocycles. The van der Waals surface area contributed by atoms with Gasteiger partial charge in [0.15, 0.2) is 0 Å². The quantitative estimate of drug-likeness (QED) is 0.825. The average molecular weight is 352 g/mol. The van der Waals surface area contributed by atoms with Crippen molar-refractivity contribution in [1.82, 2.24) is 9.62 Å². The van der Waals surface area contributed by atoms with Gasteiger partial charge in [0.1, 0.15) is 0 Å². The first-order valence-corrected chi connectivity index (χ1v) is 9.46. The van der Waals surface area contributed by atoms with Crippen LogP contribution in [0.25, 0.3) is 0 Å². The number of amides is 1. The second-order valence-corrected chi connectivity index (χ2v) is 8.25. The summed E-state index contributed by atoms with van der Waals surface area (Å²) < 4.78 is 26.7. The number of carboxylic acid groups (broad SMARTS) is 1. The summed E-state index contributed by atoms with van der Waals surface area (Å²) in [6, 6.07) is 6.10. The number of piperidine rings is 1. The van der Waals surface area contributed by atoms with Crippen molar-refractivity contribution in [2.24, 2.45) is 5.92 Å². The molecule has 2 fully saturated rings. The fourth-order valence-electron chi connectivity index (χ4n) is 2.81. The Morgan fingerprint density at radius 1 is 1.21 bits per heavy atom. The van der Waals surface area contributed by atoms with Gasteiger partial charge in [-0.3, -0.25) is 9.59 Å². The molecule has 1 aliphatic carbocycles. The highest BCUT2D eigenvalue weighted by Gasteiger charge is 2.33. The minimum atomic E-state index is -3.81. The van der Waals surface area contributed by atoms with Crippen LogP contribution in [0.15, 0.2) is 29.2 Å². The molecule has 1 heterocycles. The third kappa shape index (κ3) is 3.59. The Morgan fingerprint density at radius 2 is 1.96 bits per heavy atom. The van der Waals surface area contributed by atoms with E-state index >= 15 is 0 Å². The molecule has 0 aromatic heterocycles. The highest BCUT2D eigenvalue weighted by molar-refractivity contribution is 7.89. The number of carboxylic acids is 1. The van der Waals surface area contributed by atoms with Crippen molar-refractivity contribution >= 4 is 21.9 Å². The summed E-state index contributed by atoms with van der Waals surface area (Å²) in [5, 5.41) is 11.9. The highest BCUT2D eigenvalue weighted by Crippen LogP contribution is 2.25. The third-order valence-corrected chi connectivity index (χ3v) is 6.24. The minimum absolute atomic E-state index is 0.0250. The van der Waals surface area contributed by atoms with Crippen molar-refractivity contribution in [3.05, 3.63) is 29.8 Å². The fraction of sp³-hybridized carbons (Fsp3) is 0.500. The van der Waals surface area contributed by atoms with Crippen LogP contribution in [-0.4, -0.2) is 48.8 Å². The predicted octanol–water partition coefficient (Wildman–Crippen LogP) is 1.06. The molecule has 1 unspecified atom stereocenters. The maximum Gasteiger partial charge on any atom is 0.307 e. The largest absolute Gasteiger partial charge is 0.481 e. The van der Waals surface area contributed by atoms with Gasteiger partial charge in [-0.05, 0) is 43.9 Å². The fourth-order valence-corrected chi connectivity index (χ4v) is 4.38. The zero-order valence-corrected chi connectivity index (χ0v) is 14.0. The number of nitrogens with zero attached hydrogens (tertiary/aromatic N) is 1. The molecule has 1 aromatic carbocycles. The van der Waals surface area contributed by atoms with E-state index in [9.17, 15) is 18.0 Å². The molecule has 2 N–H and O–H groups in total. The highest BCUT2D eigenvalue weighted by atomic mass is 32.2. The smallest absolute Gasteiger partial charge is 0.307 e. The summed E-state index contributed by atoms with van der Waals surface area (Å²) >= 11 is 0. The van der Waals surface area contributed by atoms with Gasteiger partial charge in [0.25, 0.3) is 5.91 Å². The first-order valence-electron chi connectivity index (χ1n) is 8.02. The summed E-state index contributed by atoms with van der Waals surface area (Å²) in [5.74, 6) is -1.95. The zero-order valence-electron chi connectivity index (χ0n) is 13.1. The number of aliphatic carboxylic acids is 1. The second-order valence-electron chi connectivity index (χ2n) is 6.32. The van der Waals surface area contributed by atoms with Crippen LogP contribution in [0.3, 0.4) is 0 Å². The van der Waals surface area contributed by atoms with Crippen molar-refractivity contribution in [2.45, 2.75) is 36.6 Å². The summed E-state index contributed by atoms with van der Waals surface area (Å²) in [6.45, 7) is 0.265. The number of hydrogen-bond acceptors (Lipinski definition) is 4. The number of benzene rings is 1. The molecule has 1 amide bonds. The van der Waals surface area contributed by atoms with E-state index in [1.165, 1.54) is 22.5 Å². The summed E-state index contributed by atoms with van der Waals surface area (Å²) in [4.78, 5) is 23.3. The van der Waals surface area contributed by atoms with Crippen LogP contribution >= 0.6 is 0 Å². The summed E-state index contributed by atoms with van der Waals surface area (Å²) in [5.41, 5.74) is 0.301. The molecule has 0 spiro atoms. The van der Waals surface area contributed by atoms with E-state index in [-0.39, 0.29) is 23.4 Å². The van der Waals surface area contributed by atoms with E-state index in [1.807, 2.05) is 0 Å². The van der Waals surface area contributed by atoms with Gasteiger partial charge in [-0.25, -0.2) is 8.42 Å². The molecular formula is C16H20N2O5S. The second kappa shape index (κ2) is 6.52. The monoisotopic (exact) mass is 352 g/mol. The lowest BCUT2D eigenvalue weighted by molar-refractivity contribution is -0.142. The Kier molecular flexibility index (Phi) is 4.60. The van der Waals surface area contributed by atoms with E-state index < -0.39 is 21.9 Å². The van der Waals surface area contributed by atoms with Crippen molar-refractivity contribution < 1.29 is 23.1 Å². The van der Waals surface area contributed by atoms with Crippen LogP contribution < -0.4 is 5.32 Å². The van der Waals surface area contributed by atoms with Gasteiger partial charge in [-0.15, -0.1) is 0 Å². The lowest BCUT2D eigenvalue weighted by Crippen LogP contribution is -2.42. The Morgan fingerprint density at radius 3 is 2.62 bits per heavy atom. The molecule has 2 aliphatic rings. The SMILES string of the molecule is O=C(NC1CC1)c1cccc(S(=O)(=O)N2CCCC(C(=O)O)C2)c1. The molecule has 1 aromatic rings. The van der Waals surface area contributed by atoms with Crippen LogP contribution in [0.1, 0.15) is 36.0 Å². The topological polar surface area (TPSA) is 104 Å². The number of rotatable bonds is 5. The van der Waals surface area contributed by atoms with Crippen molar-refractivity contribution in [3.8, 4) is 0 Å². The van der Waals surface area contributed by atoms with E-state index in [2.05, 4.69) is 5.32 Å². The molecule has 3 rings (SSSR count). The van der Waals surface area contributed by atoms with Gasteiger partial charge in [0.05, 0.1) is 10.8 Å². The molecule has 130 valence electrons. The number of carbonyl (C=O) groups is 2. The molecule has 7 nitrogen and oxygen atoms in total. The molecule has 8 heteroatoms. The van der Waals surface area contributed by atoms with Gasteiger partial charge in [0, 0.05) is 24.7 Å². The molecule has 1 saturated heterocycles. The molecule has 1 aliphatic heterocycles. The standard InChI is InChI=1S/C16H20N2O5S/c19-15(17-13-6-7-13)11-3-1-5-14(9-11)24(22,23)18-8-2-4-12(10-18)16(20)21/h1,3,5,9,12-13H,2,4,6-8,10H2,(H,17,19)(H,20,21). The zero-order chi connectivity index (χ0) is 17.3. The number of sulfonamides is 1. The number of nitrogens with one attached hydrogen (secondary N) is 1. The van der Waals surface area contributed by atoms with Gasteiger partial charge >= 0.3 is 5.97 Å². The van der Waals surface area contributed by atoms with Crippen molar-refractivity contribution in [1.29, 1.82) is 0 Å². The molecular weight excluding hydrogens is 332 g/mol. The van der Waals surface area contributed by atoms with Crippen molar-refractivity contribution in [3.63, 3.8) is 0 Å². The Balaban J connectivity index is 1.81. The van der Waals surface area contributed by atoms with Crippen LogP contribution in [-0.2, 0) is 14.8 Å². The number of hydrogen-bond donors (Lipinski definition) is 2. The van der Waals surface area contributed by atoms with E-state index in [1.54, 1.807) is 6.07 Å². The molecule has 0 radical (unpaired) electrons. The van der Waals surface area contributed by atoms with Gasteiger partial charge in [-0.2, -0.15) is 4.31 Å². The first-order chi connectivity index (χ1) is 11.4. The Labute approximate surface area is 140 Å². The lowest BCUT2D eigenvalue weighted by Gasteiger charge is -2.29. The van der Waals surface area contributed by atoms with Crippen LogP contribution in [0.5, 0.6) is 0 Å².